The van der Waals surface area contributed by atoms with Gasteiger partial charge in [0.25, 0.3) is 0 Å². The van der Waals surface area contributed by atoms with Crippen molar-refractivity contribution in [2.45, 2.75) is 46.7 Å². The van der Waals surface area contributed by atoms with Crippen LogP contribution in [0.4, 0.5) is 5.69 Å². The number of amides is 1. The molecule has 6 nitrogen and oxygen atoms in total. The lowest BCUT2D eigenvalue weighted by molar-refractivity contribution is -0.121. The van der Waals surface area contributed by atoms with E-state index >= 15 is 0 Å². The molecule has 1 heterocycles. The molecular formula is C17H24N4O2. The van der Waals surface area contributed by atoms with Gasteiger partial charge in [0.2, 0.25) is 11.8 Å². The standard InChI is InChI=1S/C17H24N4O2/c1-5-15-19-16(23-20-15)11-21(6-2)13(4)17(22)18-14-9-7-12(3)8-10-14/h7-10,13H,5-6,11H2,1-4H3,(H,18,22). The van der Waals surface area contributed by atoms with E-state index in [0.717, 1.165) is 17.7 Å². The first-order valence-corrected chi connectivity index (χ1v) is 7.96. The molecular weight excluding hydrogens is 292 g/mol. The highest BCUT2D eigenvalue weighted by atomic mass is 16.5. The summed E-state index contributed by atoms with van der Waals surface area (Å²) < 4.78 is 5.21. The Hall–Kier alpha value is -2.21. The molecule has 0 fully saturated rings. The summed E-state index contributed by atoms with van der Waals surface area (Å²) in [6.45, 7) is 9.06. The number of nitrogens with one attached hydrogen (secondary N) is 1. The molecule has 0 aliphatic rings. The Kier molecular flexibility index (Phi) is 5.87. The minimum absolute atomic E-state index is 0.0501. The molecule has 0 aliphatic carbocycles. The van der Waals surface area contributed by atoms with Gasteiger partial charge < -0.3 is 9.84 Å². The van der Waals surface area contributed by atoms with Gasteiger partial charge in [0.1, 0.15) is 0 Å². The maximum absolute atomic E-state index is 12.4. The molecule has 1 atom stereocenters. The Morgan fingerprint density at radius 2 is 2.00 bits per heavy atom. The van der Waals surface area contributed by atoms with E-state index in [9.17, 15) is 4.79 Å². The second-order valence-electron chi connectivity index (χ2n) is 5.55. The van der Waals surface area contributed by atoms with Crippen molar-refractivity contribution in [1.82, 2.24) is 15.0 Å². The fraction of sp³-hybridized carbons (Fsp3) is 0.471. The Morgan fingerprint density at radius 3 is 2.57 bits per heavy atom. The molecule has 2 aromatic rings. The van der Waals surface area contributed by atoms with E-state index in [1.807, 2.05) is 56.9 Å². The molecule has 1 unspecified atom stereocenters. The molecule has 23 heavy (non-hydrogen) atoms. The Bertz CT molecular complexity index is 636. The lowest BCUT2D eigenvalue weighted by atomic mass is 10.2. The summed E-state index contributed by atoms with van der Waals surface area (Å²) in [6, 6.07) is 7.47. The maximum atomic E-state index is 12.4. The average Bonchev–Trinajstić information content (AvgIpc) is 3.01. The SMILES string of the molecule is CCc1noc(CN(CC)C(C)C(=O)Nc2ccc(C)cc2)n1. The zero-order valence-electron chi connectivity index (χ0n) is 14.2. The topological polar surface area (TPSA) is 71.3 Å². The van der Waals surface area contributed by atoms with Gasteiger partial charge in [-0.15, -0.1) is 0 Å². The van der Waals surface area contributed by atoms with Crippen LogP contribution in [0.2, 0.25) is 0 Å². The van der Waals surface area contributed by atoms with E-state index < -0.39 is 0 Å². The van der Waals surface area contributed by atoms with Crippen LogP contribution in [0.3, 0.4) is 0 Å². The summed E-state index contributed by atoms with van der Waals surface area (Å²) in [4.78, 5) is 18.7. The van der Waals surface area contributed by atoms with Gasteiger partial charge in [-0.05, 0) is 32.5 Å². The molecule has 6 heteroatoms. The van der Waals surface area contributed by atoms with E-state index in [1.165, 1.54) is 0 Å². The van der Waals surface area contributed by atoms with Crippen molar-refractivity contribution in [3.05, 3.63) is 41.5 Å². The Labute approximate surface area is 136 Å². The van der Waals surface area contributed by atoms with Gasteiger partial charge in [-0.25, -0.2) is 0 Å². The van der Waals surface area contributed by atoms with Crippen LogP contribution in [0.25, 0.3) is 0 Å². The lowest BCUT2D eigenvalue weighted by Crippen LogP contribution is -2.41. The van der Waals surface area contributed by atoms with E-state index in [2.05, 4.69) is 15.5 Å². The number of hydrogen-bond donors (Lipinski definition) is 1. The zero-order chi connectivity index (χ0) is 16.8. The summed E-state index contributed by atoms with van der Waals surface area (Å²) in [5.74, 6) is 1.18. The van der Waals surface area contributed by atoms with Crippen LogP contribution >= 0.6 is 0 Å². The van der Waals surface area contributed by atoms with Crippen molar-refractivity contribution in [3.63, 3.8) is 0 Å². The van der Waals surface area contributed by atoms with Crippen LogP contribution in [-0.4, -0.2) is 33.5 Å². The molecule has 124 valence electrons. The fourth-order valence-corrected chi connectivity index (χ4v) is 2.24. The minimum Gasteiger partial charge on any atom is -0.338 e. The molecule has 0 radical (unpaired) electrons. The van der Waals surface area contributed by atoms with E-state index in [0.29, 0.717) is 24.8 Å². The van der Waals surface area contributed by atoms with Crippen LogP contribution in [0, 0.1) is 6.92 Å². The number of likely N-dealkylation sites (N-methyl/N-ethyl adjacent to an activating group) is 1. The quantitative estimate of drug-likeness (QED) is 0.850. The monoisotopic (exact) mass is 316 g/mol. The van der Waals surface area contributed by atoms with Crippen LogP contribution < -0.4 is 5.32 Å². The lowest BCUT2D eigenvalue weighted by Gasteiger charge is -2.25. The second-order valence-corrected chi connectivity index (χ2v) is 5.55. The number of aryl methyl sites for hydroxylation is 2. The van der Waals surface area contributed by atoms with Crippen molar-refractivity contribution >= 4 is 11.6 Å². The van der Waals surface area contributed by atoms with Gasteiger partial charge in [0, 0.05) is 12.1 Å². The van der Waals surface area contributed by atoms with Crippen molar-refractivity contribution in [3.8, 4) is 0 Å². The Morgan fingerprint density at radius 1 is 1.30 bits per heavy atom. The minimum atomic E-state index is -0.293. The first-order chi connectivity index (χ1) is 11.0. The second kappa shape index (κ2) is 7.87. The predicted molar refractivity (Wildman–Crippen MR) is 89.0 cm³/mol. The molecule has 0 aliphatic heterocycles. The van der Waals surface area contributed by atoms with Gasteiger partial charge in [-0.1, -0.05) is 36.7 Å². The number of carbonyl (C=O) groups is 1. The van der Waals surface area contributed by atoms with Crippen LogP contribution in [0.1, 0.15) is 38.0 Å². The van der Waals surface area contributed by atoms with Gasteiger partial charge in [0.15, 0.2) is 5.82 Å². The third kappa shape index (κ3) is 4.63. The van der Waals surface area contributed by atoms with Gasteiger partial charge in [-0.3, -0.25) is 9.69 Å². The molecule has 1 N–H and O–H groups in total. The van der Waals surface area contributed by atoms with Crippen molar-refractivity contribution in [2.24, 2.45) is 0 Å². The third-order valence-electron chi connectivity index (χ3n) is 3.82. The number of rotatable bonds is 7. The molecule has 1 aromatic carbocycles. The molecule has 1 amide bonds. The summed E-state index contributed by atoms with van der Waals surface area (Å²) in [5.41, 5.74) is 1.96. The predicted octanol–water partition coefficient (Wildman–Crippen LogP) is 2.79. The van der Waals surface area contributed by atoms with Gasteiger partial charge >= 0.3 is 0 Å². The van der Waals surface area contributed by atoms with Crippen LogP contribution in [0.15, 0.2) is 28.8 Å². The van der Waals surface area contributed by atoms with E-state index in [-0.39, 0.29) is 11.9 Å². The largest absolute Gasteiger partial charge is 0.338 e. The summed E-state index contributed by atoms with van der Waals surface area (Å²) in [7, 11) is 0. The number of aromatic nitrogens is 2. The zero-order valence-corrected chi connectivity index (χ0v) is 14.2. The highest BCUT2D eigenvalue weighted by Crippen LogP contribution is 2.12. The number of hydrogen-bond acceptors (Lipinski definition) is 5. The molecule has 2 rings (SSSR count). The summed E-state index contributed by atoms with van der Waals surface area (Å²) in [6.07, 6.45) is 0.735. The fourth-order valence-electron chi connectivity index (χ4n) is 2.24. The van der Waals surface area contributed by atoms with Crippen molar-refractivity contribution < 1.29 is 9.32 Å². The highest BCUT2D eigenvalue weighted by Gasteiger charge is 2.22. The van der Waals surface area contributed by atoms with E-state index in [1.54, 1.807) is 0 Å². The molecule has 0 bridgehead atoms. The first kappa shape index (κ1) is 17.1. The van der Waals surface area contributed by atoms with Crippen molar-refractivity contribution in [2.75, 3.05) is 11.9 Å². The number of nitrogens with zero attached hydrogens (tertiary/aromatic N) is 3. The molecule has 0 saturated carbocycles. The number of carbonyl (C=O) groups excluding carboxylic acids is 1. The Balaban J connectivity index is 1.98. The number of anilines is 1. The van der Waals surface area contributed by atoms with Crippen LogP contribution in [-0.2, 0) is 17.8 Å². The molecule has 1 aromatic heterocycles. The normalized spacial score (nSPS) is 12.4. The van der Waals surface area contributed by atoms with Gasteiger partial charge in [0.05, 0.1) is 12.6 Å². The molecule has 0 saturated heterocycles. The smallest absolute Gasteiger partial charge is 0.241 e. The number of benzene rings is 1. The maximum Gasteiger partial charge on any atom is 0.241 e. The summed E-state index contributed by atoms with van der Waals surface area (Å²) in [5, 5.41) is 6.83. The van der Waals surface area contributed by atoms with E-state index in [4.69, 9.17) is 4.52 Å². The van der Waals surface area contributed by atoms with Crippen molar-refractivity contribution in [1.29, 1.82) is 0 Å². The molecule has 0 spiro atoms. The van der Waals surface area contributed by atoms with Crippen LogP contribution in [0.5, 0.6) is 0 Å². The third-order valence-corrected chi connectivity index (χ3v) is 3.82. The average molecular weight is 316 g/mol. The highest BCUT2D eigenvalue weighted by molar-refractivity contribution is 5.94. The van der Waals surface area contributed by atoms with Gasteiger partial charge in [-0.2, -0.15) is 4.98 Å². The first-order valence-electron chi connectivity index (χ1n) is 7.96. The summed E-state index contributed by atoms with van der Waals surface area (Å²) >= 11 is 0.